The maximum Gasteiger partial charge on any atom is 0.144 e. The molecule has 0 aromatic carbocycles. The Kier molecular flexibility index (Phi) is 4.38. The minimum atomic E-state index is -0.430. The lowest BCUT2D eigenvalue weighted by Crippen LogP contribution is -2.12. The Balaban J connectivity index is 1.99. The molecule has 0 fully saturated rings. The van der Waals surface area contributed by atoms with Crippen LogP contribution in [0.15, 0.2) is 42.5 Å². The predicted molar refractivity (Wildman–Crippen MR) is 88.3 cm³/mol. The van der Waals surface area contributed by atoms with Crippen molar-refractivity contribution in [1.29, 1.82) is 0 Å². The van der Waals surface area contributed by atoms with Gasteiger partial charge in [0.2, 0.25) is 0 Å². The van der Waals surface area contributed by atoms with Crippen molar-refractivity contribution in [3.63, 3.8) is 0 Å². The maximum absolute atomic E-state index is 14.6. The first-order valence-electron chi connectivity index (χ1n) is 7.73. The average molecular weight is 328 g/mol. The van der Waals surface area contributed by atoms with Gasteiger partial charge in [0.15, 0.2) is 0 Å². The first-order chi connectivity index (χ1) is 11.5. The van der Waals surface area contributed by atoms with Gasteiger partial charge in [0, 0.05) is 19.0 Å². The van der Waals surface area contributed by atoms with E-state index in [1.54, 1.807) is 13.0 Å². The maximum atomic E-state index is 14.6. The summed E-state index contributed by atoms with van der Waals surface area (Å²) in [6.07, 6.45) is 7.28. The molecule has 0 amide bonds. The molecule has 124 valence electrons. The number of rotatable bonds is 4. The van der Waals surface area contributed by atoms with Crippen molar-refractivity contribution in [3.8, 4) is 0 Å². The normalized spacial score (nSPS) is 14.8. The van der Waals surface area contributed by atoms with Gasteiger partial charge in [-0.1, -0.05) is 12.7 Å². The fraction of sp³-hybridized carbons (Fsp3) is 0.278. The molecular weight excluding hydrogens is 310 g/mol. The van der Waals surface area contributed by atoms with Crippen LogP contribution in [-0.2, 0) is 12.8 Å². The summed E-state index contributed by atoms with van der Waals surface area (Å²) in [4.78, 5) is 3.80. The molecule has 4 nitrogen and oxygen atoms in total. The van der Waals surface area contributed by atoms with Crippen LogP contribution in [0.4, 0.5) is 8.78 Å². The quantitative estimate of drug-likeness (QED) is 0.856. The molecule has 0 N–H and O–H groups in total. The van der Waals surface area contributed by atoms with Crippen LogP contribution in [0.2, 0.25) is 0 Å². The van der Waals surface area contributed by atoms with E-state index in [4.69, 9.17) is 0 Å². The highest BCUT2D eigenvalue weighted by atomic mass is 19.1. The van der Waals surface area contributed by atoms with E-state index in [0.29, 0.717) is 22.6 Å². The molecule has 3 rings (SSSR count). The second-order valence-electron chi connectivity index (χ2n) is 5.79. The second-order valence-corrected chi connectivity index (χ2v) is 5.79. The van der Waals surface area contributed by atoms with Gasteiger partial charge in [0.25, 0.3) is 0 Å². The number of aromatic nitrogens is 4. The number of fused-ring (bicyclic) bond motifs is 1. The molecule has 0 saturated heterocycles. The van der Waals surface area contributed by atoms with E-state index >= 15 is 0 Å². The first kappa shape index (κ1) is 16.2. The minimum absolute atomic E-state index is 0.0129. The molecule has 0 bridgehead atoms. The lowest BCUT2D eigenvalue weighted by molar-refractivity contribution is 0.593. The highest BCUT2D eigenvalue weighted by Crippen LogP contribution is 2.29. The Morgan fingerprint density at radius 2 is 2.08 bits per heavy atom. The largest absolute Gasteiger partial charge is 0.283 e. The van der Waals surface area contributed by atoms with Crippen molar-refractivity contribution in [1.82, 2.24) is 19.7 Å². The molecular formula is C18H18F2N4. The number of hydrogen-bond donors (Lipinski definition) is 0. The van der Waals surface area contributed by atoms with Gasteiger partial charge in [-0.2, -0.15) is 0 Å². The molecule has 1 aliphatic rings. The van der Waals surface area contributed by atoms with Crippen LogP contribution in [-0.4, -0.2) is 19.7 Å². The van der Waals surface area contributed by atoms with Crippen LogP contribution >= 0.6 is 0 Å². The third-order valence-corrected chi connectivity index (χ3v) is 4.24. The molecule has 1 aliphatic heterocycles. The van der Waals surface area contributed by atoms with E-state index in [0.717, 1.165) is 30.4 Å². The molecule has 0 unspecified atom stereocenters. The van der Waals surface area contributed by atoms with Crippen molar-refractivity contribution < 1.29 is 8.78 Å². The van der Waals surface area contributed by atoms with Crippen LogP contribution in [0, 0.1) is 19.7 Å². The number of halogens is 2. The third-order valence-electron chi connectivity index (χ3n) is 4.24. The summed E-state index contributed by atoms with van der Waals surface area (Å²) in [5, 5.41) is 8.19. The number of nitrogens with zero attached hydrogens (tertiary/aromatic N) is 4. The summed E-state index contributed by atoms with van der Waals surface area (Å²) in [6, 6.07) is 0. The highest BCUT2D eigenvalue weighted by Gasteiger charge is 2.20. The van der Waals surface area contributed by atoms with Crippen LogP contribution < -0.4 is 0 Å². The van der Waals surface area contributed by atoms with Gasteiger partial charge >= 0.3 is 0 Å². The van der Waals surface area contributed by atoms with Crippen molar-refractivity contribution in [2.45, 2.75) is 33.1 Å². The van der Waals surface area contributed by atoms with Crippen LogP contribution in [0.1, 0.15) is 29.2 Å². The fourth-order valence-corrected chi connectivity index (χ4v) is 2.86. The van der Waals surface area contributed by atoms with Gasteiger partial charge in [0.05, 0.1) is 11.9 Å². The van der Waals surface area contributed by atoms with Gasteiger partial charge in [-0.25, -0.2) is 8.78 Å². The Hall–Kier alpha value is -2.63. The van der Waals surface area contributed by atoms with E-state index < -0.39 is 5.82 Å². The van der Waals surface area contributed by atoms with Gasteiger partial charge in [-0.3, -0.25) is 9.55 Å². The SMILES string of the molecule is C=CC1=C(/C=C(/F)Cc2cncc(F)c2C)n2c(C)nnc2CC1. The Morgan fingerprint density at radius 1 is 1.29 bits per heavy atom. The van der Waals surface area contributed by atoms with E-state index in [1.807, 2.05) is 11.5 Å². The Morgan fingerprint density at radius 3 is 2.83 bits per heavy atom. The average Bonchev–Trinajstić information content (AvgIpc) is 2.94. The number of aryl methyl sites for hydroxylation is 2. The molecule has 2 aromatic rings. The van der Waals surface area contributed by atoms with Crippen LogP contribution in [0.25, 0.3) is 5.70 Å². The summed E-state index contributed by atoms with van der Waals surface area (Å²) in [5.74, 6) is 0.703. The monoisotopic (exact) mass is 328 g/mol. The highest BCUT2D eigenvalue weighted by molar-refractivity contribution is 5.67. The minimum Gasteiger partial charge on any atom is -0.283 e. The molecule has 0 atom stereocenters. The molecule has 6 heteroatoms. The molecule has 0 radical (unpaired) electrons. The predicted octanol–water partition coefficient (Wildman–Crippen LogP) is 3.87. The Labute approximate surface area is 139 Å². The van der Waals surface area contributed by atoms with Crippen molar-refractivity contribution in [3.05, 3.63) is 71.1 Å². The zero-order valence-corrected chi connectivity index (χ0v) is 13.7. The van der Waals surface area contributed by atoms with E-state index in [2.05, 4.69) is 21.8 Å². The summed E-state index contributed by atoms with van der Waals surface area (Å²) in [6.45, 7) is 7.27. The summed E-state index contributed by atoms with van der Waals surface area (Å²) >= 11 is 0. The second kappa shape index (κ2) is 6.47. The smallest absolute Gasteiger partial charge is 0.144 e. The van der Waals surface area contributed by atoms with E-state index in [1.165, 1.54) is 12.3 Å². The number of pyridine rings is 1. The summed E-state index contributed by atoms with van der Waals surface area (Å²) in [7, 11) is 0. The zero-order chi connectivity index (χ0) is 17.3. The molecule has 0 spiro atoms. The molecule has 0 saturated carbocycles. The first-order valence-corrected chi connectivity index (χ1v) is 7.73. The molecule has 2 aromatic heterocycles. The molecule has 3 heterocycles. The topological polar surface area (TPSA) is 43.6 Å². The van der Waals surface area contributed by atoms with Gasteiger partial charge in [-0.15, -0.1) is 10.2 Å². The van der Waals surface area contributed by atoms with Crippen molar-refractivity contribution in [2.75, 3.05) is 0 Å². The number of allylic oxidation sites excluding steroid dienone is 5. The Bertz CT molecular complexity index is 862. The lowest BCUT2D eigenvalue weighted by Gasteiger charge is -2.19. The van der Waals surface area contributed by atoms with Gasteiger partial charge in [0.1, 0.15) is 23.3 Å². The number of hydrogen-bond acceptors (Lipinski definition) is 3. The summed E-state index contributed by atoms with van der Waals surface area (Å²) in [5.41, 5.74) is 2.57. The fourth-order valence-electron chi connectivity index (χ4n) is 2.86. The standard InChI is InChI=1S/C18H18F2N4/c1-4-13-5-6-18-23-22-12(3)24(18)17(13)8-15(19)7-14-9-21-10-16(20)11(14)2/h4,8-10H,1,5-7H2,2-3H3/b15-8+. The zero-order valence-electron chi connectivity index (χ0n) is 13.7. The van der Waals surface area contributed by atoms with Crippen molar-refractivity contribution in [2.24, 2.45) is 0 Å². The molecule has 24 heavy (non-hydrogen) atoms. The summed E-state index contributed by atoms with van der Waals surface area (Å²) < 4.78 is 30.0. The molecule has 0 aliphatic carbocycles. The van der Waals surface area contributed by atoms with Gasteiger partial charge in [-0.05, 0) is 43.0 Å². The third kappa shape index (κ3) is 2.91. The van der Waals surface area contributed by atoms with Crippen molar-refractivity contribution >= 4 is 5.70 Å². The lowest BCUT2D eigenvalue weighted by atomic mass is 10.0. The van der Waals surface area contributed by atoms with Gasteiger partial charge < -0.3 is 0 Å². The van der Waals surface area contributed by atoms with Crippen LogP contribution in [0.5, 0.6) is 0 Å². The van der Waals surface area contributed by atoms with E-state index in [-0.39, 0.29) is 12.2 Å². The van der Waals surface area contributed by atoms with E-state index in [9.17, 15) is 8.78 Å². The van der Waals surface area contributed by atoms with Crippen LogP contribution in [0.3, 0.4) is 0 Å².